The van der Waals surface area contributed by atoms with Crippen LogP contribution in [-0.4, -0.2) is 27.0 Å². The molecular formula is C12H13BO3. The molecule has 0 bridgehead atoms. The standard InChI is InChI=1S/C12H13BO3/c1-15-12(14)8-6-11(7-8)16-10-4-2-9(13)3-5-10/h2-5,8,11H,6-7H2,1H3. The highest BCUT2D eigenvalue weighted by Gasteiger charge is 2.36. The van der Waals surface area contributed by atoms with Crippen LogP contribution < -0.4 is 10.2 Å². The van der Waals surface area contributed by atoms with E-state index in [-0.39, 0.29) is 18.0 Å². The Morgan fingerprint density at radius 1 is 1.31 bits per heavy atom. The Morgan fingerprint density at radius 2 is 1.94 bits per heavy atom. The lowest BCUT2D eigenvalue weighted by molar-refractivity contribution is -0.151. The molecule has 1 fully saturated rings. The first-order valence-corrected chi connectivity index (χ1v) is 5.29. The zero-order valence-corrected chi connectivity index (χ0v) is 9.18. The summed E-state index contributed by atoms with van der Waals surface area (Å²) in [6, 6.07) is 7.26. The number of benzene rings is 1. The monoisotopic (exact) mass is 216 g/mol. The molecule has 0 atom stereocenters. The molecule has 1 aliphatic carbocycles. The molecule has 0 amide bonds. The number of rotatable bonds is 3. The quantitative estimate of drug-likeness (QED) is 0.554. The molecule has 1 aromatic carbocycles. The molecule has 0 unspecified atom stereocenters. The third kappa shape index (κ3) is 2.38. The van der Waals surface area contributed by atoms with E-state index in [1.54, 1.807) is 12.1 Å². The lowest BCUT2D eigenvalue weighted by Crippen LogP contribution is -2.38. The van der Waals surface area contributed by atoms with Crippen LogP contribution in [0.1, 0.15) is 12.8 Å². The predicted molar refractivity (Wildman–Crippen MR) is 61.0 cm³/mol. The maximum atomic E-state index is 11.1. The average Bonchev–Trinajstić information content (AvgIpc) is 2.24. The lowest BCUT2D eigenvalue weighted by atomic mass is 9.82. The zero-order chi connectivity index (χ0) is 11.5. The Labute approximate surface area is 96.2 Å². The van der Waals surface area contributed by atoms with Crippen LogP contribution in [0, 0.1) is 5.92 Å². The van der Waals surface area contributed by atoms with E-state index in [0.29, 0.717) is 5.46 Å². The van der Waals surface area contributed by atoms with Gasteiger partial charge in [0.25, 0.3) is 0 Å². The fourth-order valence-electron chi connectivity index (χ4n) is 1.76. The Bertz CT molecular complexity index is 368. The Morgan fingerprint density at radius 3 is 2.50 bits per heavy atom. The van der Waals surface area contributed by atoms with Crippen LogP contribution in [0.3, 0.4) is 0 Å². The summed E-state index contributed by atoms with van der Waals surface area (Å²) in [4.78, 5) is 11.1. The minimum atomic E-state index is -0.142. The highest BCUT2D eigenvalue weighted by atomic mass is 16.5. The van der Waals surface area contributed by atoms with E-state index in [1.165, 1.54) is 7.11 Å². The van der Waals surface area contributed by atoms with Crippen molar-refractivity contribution >= 4 is 19.3 Å². The highest BCUT2D eigenvalue weighted by Crippen LogP contribution is 2.31. The predicted octanol–water partition coefficient (Wildman–Crippen LogP) is 0.811. The Balaban J connectivity index is 1.81. The number of ether oxygens (including phenoxy) is 2. The Hall–Kier alpha value is -1.45. The minimum Gasteiger partial charge on any atom is -0.490 e. The highest BCUT2D eigenvalue weighted by molar-refractivity contribution is 6.32. The molecule has 1 aromatic rings. The first-order chi connectivity index (χ1) is 7.69. The molecule has 0 aliphatic heterocycles. The van der Waals surface area contributed by atoms with Gasteiger partial charge in [0.15, 0.2) is 0 Å². The third-order valence-electron chi connectivity index (χ3n) is 2.81. The first kappa shape index (κ1) is 11.1. The summed E-state index contributed by atoms with van der Waals surface area (Å²) in [5, 5.41) is 0. The topological polar surface area (TPSA) is 35.5 Å². The Kier molecular flexibility index (Phi) is 3.18. The maximum Gasteiger partial charge on any atom is 0.308 e. The van der Waals surface area contributed by atoms with Crippen LogP contribution in [0.5, 0.6) is 5.75 Å². The van der Waals surface area contributed by atoms with E-state index in [2.05, 4.69) is 4.74 Å². The van der Waals surface area contributed by atoms with Gasteiger partial charge in [-0.15, -0.1) is 0 Å². The van der Waals surface area contributed by atoms with Gasteiger partial charge in [-0.05, 0) is 25.0 Å². The van der Waals surface area contributed by atoms with Crippen LogP contribution >= 0.6 is 0 Å². The molecular weight excluding hydrogens is 203 g/mol. The van der Waals surface area contributed by atoms with Gasteiger partial charge in [-0.2, -0.15) is 0 Å². The molecule has 2 radical (unpaired) electrons. The first-order valence-electron chi connectivity index (χ1n) is 5.29. The van der Waals surface area contributed by atoms with E-state index >= 15 is 0 Å². The number of esters is 1. The molecule has 82 valence electrons. The molecule has 0 heterocycles. The van der Waals surface area contributed by atoms with Crippen LogP contribution in [0.4, 0.5) is 0 Å². The fourth-order valence-corrected chi connectivity index (χ4v) is 1.76. The van der Waals surface area contributed by atoms with E-state index < -0.39 is 0 Å². The molecule has 1 aliphatic rings. The van der Waals surface area contributed by atoms with Gasteiger partial charge in [0, 0.05) is 0 Å². The van der Waals surface area contributed by atoms with Crippen LogP contribution in [-0.2, 0) is 9.53 Å². The second-order valence-corrected chi connectivity index (χ2v) is 4.00. The lowest BCUT2D eigenvalue weighted by Gasteiger charge is -2.33. The molecule has 0 spiro atoms. The SMILES string of the molecule is [B]c1ccc(OC2CC(C(=O)OC)C2)cc1. The number of carbonyl (C=O) groups excluding carboxylic acids is 1. The number of carbonyl (C=O) groups is 1. The zero-order valence-electron chi connectivity index (χ0n) is 9.18. The van der Waals surface area contributed by atoms with Crippen molar-refractivity contribution in [2.75, 3.05) is 7.11 Å². The smallest absolute Gasteiger partial charge is 0.308 e. The largest absolute Gasteiger partial charge is 0.490 e. The van der Waals surface area contributed by atoms with Crippen LogP contribution in [0.25, 0.3) is 0 Å². The molecule has 0 N–H and O–H groups in total. The van der Waals surface area contributed by atoms with Crippen molar-refractivity contribution in [3.8, 4) is 5.75 Å². The summed E-state index contributed by atoms with van der Waals surface area (Å²) in [6.07, 6.45) is 1.58. The summed E-state index contributed by atoms with van der Waals surface area (Å²) >= 11 is 0. The van der Waals surface area contributed by atoms with Crippen molar-refractivity contribution in [2.24, 2.45) is 5.92 Å². The molecule has 1 saturated carbocycles. The van der Waals surface area contributed by atoms with Gasteiger partial charge < -0.3 is 9.47 Å². The minimum absolute atomic E-state index is 0.00350. The van der Waals surface area contributed by atoms with Gasteiger partial charge >= 0.3 is 5.97 Å². The number of methoxy groups -OCH3 is 1. The average molecular weight is 216 g/mol. The molecule has 16 heavy (non-hydrogen) atoms. The van der Waals surface area contributed by atoms with Gasteiger partial charge in [0.2, 0.25) is 0 Å². The summed E-state index contributed by atoms with van der Waals surface area (Å²) in [5.41, 5.74) is 0.716. The van der Waals surface area contributed by atoms with Crippen molar-refractivity contribution in [1.82, 2.24) is 0 Å². The molecule has 0 saturated heterocycles. The van der Waals surface area contributed by atoms with Gasteiger partial charge in [-0.1, -0.05) is 17.6 Å². The van der Waals surface area contributed by atoms with Crippen molar-refractivity contribution < 1.29 is 14.3 Å². The third-order valence-corrected chi connectivity index (χ3v) is 2.81. The van der Waals surface area contributed by atoms with E-state index in [0.717, 1.165) is 18.6 Å². The van der Waals surface area contributed by atoms with Crippen molar-refractivity contribution in [3.05, 3.63) is 24.3 Å². The van der Waals surface area contributed by atoms with E-state index in [4.69, 9.17) is 12.6 Å². The molecule has 2 rings (SSSR count). The number of hydrogen-bond acceptors (Lipinski definition) is 3. The summed E-state index contributed by atoms with van der Waals surface area (Å²) in [6.45, 7) is 0. The van der Waals surface area contributed by atoms with Crippen molar-refractivity contribution in [2.45, 2.75) is 18.9 Å². The van der Waals surface area contributed by atoms with Gasteiger partial charge in [0.1, 0.15) is 19.7 Å². The van der Waals surface area contributed by atoms with Gasteiger partial charge in [-0.3, -0.25) is 4.79 Å². The van der Waals surface area contributed by atoms with E-state index in [1.807, 2.05) is 12.1 Å². The van der Waals surface area contributed by atoms with Gasteiger partial charge in [0.05, 0.1) is 13.0 Å². The van der Waals surface area contributed by atoms with E-state index in [9.17, 15) is 4.79 Å². The normalized spacial score (nSPS) is 23.3. The summed E-state index contributed by atoms with van der Waals surface area (Å²) in [7, 11) is 6.98. The fraction of sp³-hybridized carbons (Fsp3) is 0.417. The maximum absolute atomic E-state index is 11.1. The molecule has 3 nitrogen and oxygen atoms in total. The molecule has 0 aromatic heterocycles. The van der Waals surface area contributed by atoms with Crippen LogP contribution in [0.15, 0.2) is 24.3 Å². The molecule has 4 heteroatoms. The second kappa shape index (κ2) is 4.60. The second-order valence-electron chi connectivity index (χ2n) is 4.00. The van der Waals surface area contributed by atoms with Crippen LogP contribution in [0.2, 0.25) is 0 Å². The van der Waals surface area contributed by atoms with Gasteiger partial charge in [-0.25, -0.2) is 0 Å². The summed E-state index contributed by atoms with van der Waals surface area (Å²) < 4.78 is 10.3. The summed E-state index contributed by atoms with van der Waals surface area (Å²) in [5.74, 6) is 0.656. The van der Waals surface area contributed by atoms with Crippen molar-refractivity contribution in [3.63, 3.8) is 0 Å². The van der Waals surface area contributed by atoms with Crippen molar-refractivity contribution in [1.29, 1.82) is 0 Å². The number of hydrogen-bond donors (Lipinski definition) is 0.